The molecule has 6 fully saturated rings. The molecule has 0 radical (unpaired) electrons. The highest BCUT2D eigenvalue weighted by Gasteiger charge is 2.45. The molecule has 2 unspecified atom stereocenters. The Morgan fingerprint density at radius 2 is 0.985 bits per heavy atom. The number of fused-ring (bicyclic) bond motifs is 6. The van der Waals surface area contributed by atoms with Crippen molar-refractivity contribution < 1.29 is 18.3 Å². The van der Waals surface area contributed by atoms with Crippen molar-refractivity contribution in [1.82, 2.24) is 9.80 Å². The Labute approximate surface area is 382 Å². The number of piperidine rings is 6. The van der Waals surface area contributed by atoms with Gasteiger partial charge in [-0.25, -0.2) is 13.6 Å². The summed E-state index contributed by atoms with van der Waals surface area (Å²) in [6, 6.07) is 55.0. The van der Waals surface area contributed by atoms with Crippen LogP contribution in [0.4, 0.5) is 8.78 Å². The van der Waals surface area contributed by atoms with Crippen LogP contribution in [0.25, 0.3) is 0 Å². The number of hydrogen-bond donors (Lipinski definition) is 0. The molecule has 65 heavy (non-hydrogen) atoms. The van der Waals surface area contributed by atoms with Crippen LogP contribution >= 0.6 is 0 Å². The van der Waals surface area contributed by atoms with Crippen LogP contribution in [0.2, 0.25) is 0 Å². The van der Waals surface area contributed by atoms with Gasteiger partial charge in [0, 0.05) is 47.2 Å². The van der Waals surface area contributed by atoms with Crippen molar-refractivity contribution in [2.75, 3.05) is 39.8 Å². The minimum absolute atomic E-state index is 0.0466. The summed E-state index contributed by atoms with van der Waals surface area (Å²) < 4.78 is 33.4. The molecule has 6 aromatic rings. The van der Waals surface area contributed by atoms with Crippen molar-refractivity contribution in [3.8, 4) is 0 Å². The van der Waals surface area contributed by atoms with E-state index in [2.05, 4.69) is 125 Å². The number of hydrogen-bond acceptors (Lipinski definition) is 6. The van der Waals surface area contributed by atoms with E-state index in [0.29, 0.717) is 23.4 Å². The third-order valence-corrected chi connectivity index (χ3v) is 14.1. The number of nitrogens with zero attached hydrogens (tertiary/aromatic N) is 4. The maximum atomic E-state index is 14.3. The lowest BCUT2D eigenvalue weighted by atomic mass is 9.72. The molecule has 4 bridgehead atoms. The summed E-state index contributed by atoms with van der Waals surface area (Å²) in [5.74, 6) is 0.00146. The fraction of sp³-hybridized carbons (Fsp3) is 0.316. The van der Waals surface area contributed by atoms with Gasteiger partial charge in [0.25, 0.3) is 0 Å². The number of rotatable bonds is 12. The van der Waals surface area contributed by atoms with Crippen LogP contribution in [0.15, 0.2) is 174 Å². The standard InChI is InChI=1S/C30H32N2O2.C27H26F2N2/c1-34-30(33)26-14-8-9-22(21-26)15-18-31-28-25-16-19-32(20-17-25)29(28)27(23-10-4-2-5-11-23)24-12-6-3-7-13-24;28-23-12-7-13-24(29)22(23)18-30-26-21-14-16-31(17-15-21)27(26)25(19-8-3-1-4-9-19)20-10-5-2-6-11-20/h2-14,21,25,27,29H,15-20H2,1H3;1-13,21,25,27H,14-18H2. The zero-order valence-corrected chi connectivity index (χ0v) is 37.2. The lowest BCUT2D eigenvalue weighted by Crippen LogP contribution is -2.58. The Kier molecular flexibility index (Phi) is 14.1. The molecule has 6 aliphatic rings. The molecule has 0 spiro atoms. The van der Waals surface area contributed by atoms with Crippen LogP contribution in [0.5, 0.6) is 0 Å². The normalized spacial score (nSPS) is 23.4. The van der Waals surface area contributed by atoms with Gasteiger partial charge in [-0.15, -0.1) is 0 Å². The molecule has 0 aliphatic carbocycles. The fourth-order valence-corrected chi connectivity index (χ4v) is 10.9. The molecule has 0 amide bonds. The lowest BCUT2D eigenvalue weighted by molar-refractivity contribution is 0.0600. The first-order valence-corrected chi connectivity index (χ1v) is 23.3. The molecule has 6 heterocycles. The molecular formula is C57H58F2N4O2. The Bertz CT molecular complexity index is 2460. The molecule has 2 atom stereocenters. The second-order valence-electron chi connectivity index (χ2n) is 17.8. The Morgan fingerprint density at radius 3 is 1.42 bits per heavy atom. The highest BCUT2D eigenvalue weighted by molar-refractivity contribution is 5.95. The first-order chi connectivity index (χ1) is 32.0. The van der Waals surface area contributed by atoms with Gasteiger partial charge in [-0.2, -0.15) is 0 Å². The smallest absolute Gasteiger partial charge is 0.337 e. The number of ether oxygens (including phenoxy) is 1. The van der Waals surface area contributed by atoms with Gasteiger partial charge in [0.15, 0.2) is 0 Å². The van der Waals surface area contributed by atoms with Crippen molar-refractivity contribution in [3.63, 3.8) is 0 Å². The van der Waals surface area contributed by atoms with Crippen LogP contribution in [0.1, 0.15) is 81.3 Å². The van der Waals surface area contributed by atoms with E-state index in [9.17, 15) is 13.6 Å². The predicted octanol–water partition coefficient (Wildman–Crippen LogP) is 11.2. The van der Waals surface area contributed by atoms with E-state index in [0.717, 1.165) is 63.3 Å². The van der Waals surface area contributed by atoms with Gasteiger partial charge in [0.05, 0.1) is 31.3 Å². The second kappa shape index (κ2) is 20.8. The quantitative estimate of drug-likeness (QED) is 0.115. The van der Waals surface area contributed by atoms with Crippen LogP contribution in [-0.4, -0.2) is 79.1 Å². The Balaban J connectivity index is 0.000000165. The summed E-state index contributed by atoms with van der Waals surface area (Å²) in [4.78, 5) is 27.2. The Morgan fingerprint density at radius 1 is 0.569 bits per heavy atom. The predicted molar refractivity (Wildman–Crippen MR) is 257 cm³/mol. The third kappa shape index (κ3) is 9.95. The van der Waals surface area contributed by atoms with Crippen molar-refractivity contribution >= 4 is 17.4 Å². The number of aliphatic imine (C=N–C) groups is 2. The minimum Gasteiger partial charge on any atom is -0.465 e. The summed E-state index contributed by atoms with van der Waals surface area (Å²) in [5, 5.41) is 0. The molecule has 332 valence electrons. The van der Waals surface area contributed by atoms with Crippen LogP contribution < -0.4 is 0 Å². The first kappa shape index (κ1) is 44.1. The van der Waals surface area contributed by atoms with Gasteiger partial charge in [0.1, 0.15) is 11.6 Å². The molecule has 0 saturated carbocycles. The van der Waals surface area contributed by atoms with E-state index in [-0.39, 0.29) is 36.0 Å². The number of halogens is 2. The Hall–Kier alpha value is -6.09. The van der Waals surface area contributed by atoms with Crippen molar-refractivity contribution in [2.24, 2.45) is 21.8 Å². The highest BCUT2D eigenvalue weighted by atomic mass is 19.1. The maximum absolute atomic E-state index is 14.3. The molecule has 6 saturated heterocycles. The third-order valence-electron chi connectivity index (χ3n) is 14.1. The molecule has 8 heteroatoms. The van der Waals surface area contributed by atoms with E-state index in [1.807, 2.05) is 24.3 Å². The number of benzene rings is 6. The zero-order valence-electron chi connectivity index (χ0n) is 37.2. The van der Waals surface area contributed by atoms with Gasteiger partial charge in [-0.3, -0.25) is 19.8 Å². The second-order valence-corrected chi connectivity index (χ2v) is 17.8. The zero-order chi connectivity index (χ0) is 44.5. The average Bonchev–Trinajstić information content (AvgIpc) is 3.37. The summed E-state index contributed by atoms with van der Waals surface area (Å²) in [6.45, 7) is 5.15. The molecule has 12 rings (SSSR count). The maximum Gasteiger partial charge on any atom is 0.337 e. The van der Waals surface area contributed by atoms with Gasteiger partial charge >= 0.3 is 5.97 Å². The lowest BCUT2D eigenvalue weighted by Gasteiger charge is -2.49. The van der Waals surface area contributed by atoms with Crippen LogP contribution in [0.3, 0.4) is 0 Å². The summed E-state index contributed by atoms with van der Waals surface area (Å²) >= 11 is 0. The van der Waals surface area contributed by atoms with Crippen molar-refractivity contribution in [3.05, 3.63) is 214 Å². The van der Waals surface area contributed by atoms with E-state index in [1.54, 1.807) is 6.07 Å². The first-order valence-electron chi connectivity index (χ1n) is 23.3. The van der Waals surface area contributed by atoms with Gasteiger partial charge < -0.3 is 4.74 Å². The topological polar surface area (TPSA) is 57.5 Å². The molecule has 0 N–H and O–H groups in total. The summed E-state index contributed by atoms with van der Waals surface area (Å²) in [5.41, 5.74) is 9.43. The highest BCUT2D eigenvalue weighted by Crippen LogP contribution is 2.42. The van der Waals surface area contributed by atoms with E-state index in [1.165, 1.54) is 66.1 Å². The summed E-state index contributed by atoms with van der Waals surface area (Å²) in [7, 11) is 1.42. The molecule has 6 aliphatic heterocycles. The van der Waals surface area contributed by atoms with Crippen LogP contribution in [-0.2, 0) is 17.7 Å². The number of carbonyl (C=O) groups excluding carboxylic acids is 1. The fourth-order valence-electron chi connectivity index (χ4n) is 10.9. The van der Waals surface area contributed by atoms with E-state index in [4.69, 9.17) is 14.7 Å². The summed E-state index contributed by atoms with van der Waals surface area (Å²) in [6.07, 6.45) is 5.33. The molecular weight excluding hydrogens is 811 g/mol. The van der Waals surface area contributed by atoms with Crippen molar-refractivity contribution in [1.29, 1.82) is 0 Å². The number of carbonyl (C=O) groups is 1. The number of methoxy groups -OCH3 is 1. The molecule has 6 aromatic carbocycles. The SMILES string of the molecule is COC(=O)c1cccc(CCN=C2C3CCN(CC3)C2C(c2ccccc2)c2ccccc2)c1.Fc1cccc(F)c1CN=C1C2CCN(CC2)C1C(c1ccccc1)c1ccccc1. The monoisotopic (exact) mass is 868 g/mol. The van der Waals surface area contributed by atoms with E-state index < -0.39 is 11.6 Å². The van der Waals surface area contributed by atoms with Crippen LogP contribution in [0, 0.1) is 23.5 Å². The largest absolute Gasteiger partial charge is 0.465 e. The van der Waals surface area contributed by atoms with Gasteiger partial charge in [-0.05, 0) is 110 Å². The van der Waals surface area contributed by atoms with Crippen molar-refractivity contribution in [2.45, 2.75) is 62.6 Å². The van der Waals surface area contributed by atoms with E-state index >= 15 is 0 Å². The minimum atomic E-state index is -0.523. The van der Waals surface area contributed by atoms with Gasteiger partial charge in [0.2, 0.25) is 0 Å². The molecule has 0 aromatic heterocycles. The number of esters is 1. The molecule has 6 nitrogen and oxygen atoms in total. The average molecular weight is 869 g/mol. The van der Waals surface area contributed by atoms with Gasteiger partial charge in [-0.1, -0.05) is 140 Å².